The number of hydrogen-bond acceptors (Lipinski definition) is 6. The second kappa shape index (κ2) is 10.1. The number of aliphatic hydroxyl groups excluding tert-OH is 1. The van der Waals surface area contributed by atoms with E-state index >= 15 is 0 Å². The second-order valence-corrected chi connectivity index (χ2v) is 6.74. The Kier molecular flexibility index (Phi) is 8.08. The molecule has 2 aliphatic rings. The fourth-order valence-electron chi connectivity index (χ4n) is 3.31. The highest BCUT2D eigenvalue weighted by atomic mass is 16.5. The maximum Gasteiger partial charge on any atom is 0.251 e. The minimum Gasteiger partial charge on any atom is -0.390 e. The van der Waals surface area contributed by atoms with Gasteiger partial charge in [-0.15, -0.1) is 0 Å². The summed E-state index contributed by atoms with van der Waals surface area (Å²) in [5.41, 5.74) is 0. The standard InChI is InChI=1S/C17H31N3O5/c1-13(21)20-10-8-19(9-11-20)7-5-14-3-4-15(22)16(25-14)17(23)18-6-12-24-2/h14-16,22H,3-12H2,1-2H3,(H,18,23). The lowest BCUT2D eigenvalue weighted by Crippen LogP contribution is -2.51. The normalized spacial score (nSPS) is 28.0. The summed E-state index contributed by atoms with van der Waals surface area (Å²) in [6.45, 7) is 6.61. The van der Waals surface area contributed by atoms with Gasteiger partial charge in [0.1, 0.15) is 0 Å². The van der Waals surface area contributed by atoms with Crippen molar-refractivity contribution in [1.82, 2.24) is 15.1 Å². The maximum absolute atomic E-state index is 12.1. The van der Waals surface area contributed by atoms with E-state index in [2.05, 4.69) is 10.2 Å². The number of nitrogens with zero attached hydrogens (tertiary/aromatic N) is 2. The number of piperazine rings is 1. The van der Waals surface area contributed by atoms with Gasteiger partial charge in [-0.1, -0.05) is 0 Å². The van der Waals surface area contributed by atoms with Gasteiger partial charge in [0.25, 0.3) is 5.91 Å². The molecule has 2 saturated heterocycles. The molecule has 0 aliphatic carbocycles. The minimum atomic E-state index is -0.801. The van der Waals surface area contributed by atoms with Crippen LogP contribution in [0.3, 0.4) is 0 Å². The van der Waals surface area contributed by atoms with Crippen LogP contribution in [0.4, 0.5) is 0 Å². The first-order valence-electron chi connectivity index (χ1n) is 9.09. The number of amides is 2. The highest BCUT2D eigenvalue weighted by Gasteiger charge is 2.35. The van der Waals surface area contributed by atoms with Crippen LogP contribution < -0.4 is 5.32 Å². The lowest BCUT2D eigenvalue weighted by atomic mass is 9.98. The van der Waals surface area contributed by atoms with Crippen molar-refractivity contribution in [1.29, 1.82) is 0 Å². The predicted molar refractivity (Wildman–Crippen MR) is 92.1 cm³/mol. The second-order valence-electron chi connectivity index (χ2n) is 6.74. The smallest absolute Gasteiger partial charge is 0.251 e. The SMILES string of the molecule is COCCNC(=O)C1OC(CCN2CCN(C(C)=O)CC2)CCC1O. The monoisotopic (exact) mass is 357 g/mol. The summed E-state index contributed by atoms with van der Waals surface area (Å²) in [6, 6.07) is 0. The Bertz CT molecular complexity index is 440. The molecular weight excluding hydrogens is 326 g/mol. The third kappa shape index (κ3) is 6.22. The quantitative estimate of drug-likeness (QED) is 0.581. The van der Waals surface area contributed by atoms with Gasteiger partial charge in [-0.3, -0.25) is 14.5 Å². The van der Waals surface area contributed by atoms with E-state index in [4.69, 9.17) is 9.47 Å². The van der Waals surface area contributed by atoms with Crippen molar-refractivity contribution in [2.75, 3.05) is 53.0 Å². The van der Waals surface area contributed by atoms with E-state index in [1.165, 1.54) is 0 Å². The van der Waals surface area contributed by atoms with Crippen molar-refractivity contribution in [3.63, 3.8) is 0 Å². The lowest BCUT2D eigenvalue weighted by molar-refractivity contribution is -0.158. The van der Waals surface area contributed by atoms with E-state index in [1.807, 2.05) is 4.90 Å². The van der Waals surface area contributed by atoms with Gasteiger partial charge in [-0.2, -0.15) is 0 Å². The van der Waals surface area contributed by atoms with Crippen LogP contribution in [0.5, 0.6) is 0 Å². The Balaban J connectivity index is 1.72. The first-order valence-corrected chi connectivity index (χ1v) is 9.09. The van der Waals surface area contributed by atoms with E-state index in [9.17, 15) is 14.7 Å². The summed E-state index contributed by atoms with van der Waals surface area (Å²) >= 11 is 0. The fraction of sp³-hybridized carbons (Fsp3) is 0.882. The zero-order valence-electron chi connectivity index (χ0n) is 15.3. The molecule has 3 atom stereocenters. The molecule has 2 aliphatic heterocycles. The van der Waals surface area contributed by atoms with Crippen LogP contribution in [0.1, 0.15) is 26.2 Å². The number of aliphatic hydroxyl groups is 1. The molecule has 0 aromatic rings. The van der Waals surface area contributed by atoms with E-state index in [0.717, 1.165) is 45.6 Å². The van der Waals surface area contributed by atoms with Gasteiger partial charge in [0.05, 0.1) is 18.8 Å². The van der Waals surface area contributed by atoms with Crippen LogP contribution in [-0.2, 0) is 19.1 Å². The largest absolute Gasteiger partial charge is 0.390 e. The molecule has 2 N–H and O–H groups in total. The molecule has 2 heterocycles. The summed E-state index contributed by atoms with van der Waals surface area (Å²) < 4.78 is 10.8. The zero-order chi connectivity index (χ0) is 18.2. The molecule has 3 unspecified atom stereocenters. The van der Waals surface area contributed by atoms with Crippen molar-refractivity contribution in [2.45, 2.75) is 44.5 Å². The van der Waals surface area contributed by atoms with Crippen LogP contribution in [0.2, 0.25) is 0 Å². The number of methoxy groups -OCH3 is 1. The maximum atomic E-state index is 12.1. The van der Waals surface area contributed by atoms with Gasteiger partial charge in [0.2, 0.25) is 5.91 Å². The highest BCUT2D eigenvalue weighted by molar-refractivity contribution is 5.81. The van der Waals surface area contributed by atoms with Crippen molar-refractivity contribution >= 4 is 11.8 Å². The van der Waals surface area contributed by atoms with Crippen LogP contribution in [-0.4, -0.2) is 98.0 Å². The molecule has 2 fully saturated rings. The van der Waals surface area contributed by atoms with Gasteiger partial charge in [0.15, 0.2) is 6.10 Å². The molecule has 2 amide bonds. The molecule has 8 nitrogen and oxygen atoms in total. The van der Waals surface area contributed by atoms with Crippen molar-refractivity contribution in [3.8, 4) is 0 Å². The number of rotatable bonds is 7. The van der Waals surface area contributed by atoms with Crippen LogP contribution in [0, 0.1) is 0 Å². The molecule has 25 heavy (non-hydrogen) atoms. The molecule has 0 bridgehead atoms. The van der Waals surface area contributed by atoms with Crippen LogP contribution in [0.15, 0.2) is 0 Å². The third-order valence-electron chi connectivity index (χ3n) is 4.92. The van der Waals surface area contributed by atoms with Gasteiger partial charge in [-0.25, -0.2) is 0 Å². The number of nitrogens with one attached hydrogen (secondary N) is 1. The Morgan fingerprint density at radius 1 is 1.24 bits per heavy atom. The van der Waals surface area contributed by atoms with Gasteiger partial charge in [-0.05, 0) is 19.3 Å². The fourth-order valence-corrected chi connectivity index (χ4v) is 3.31. The van der Waals surface area contributed by atoms with Crippen molar-refractivity contribution in [3.05, 3.63) is 0 Å². The molecular formula is C17H31N3O5. The number of carbonyl (C=O) groups is 2. The molecule has 2 rings (SSSR count). The van der Waals surface area contributed by atoms with Gasteiger partial charge >= 0.3 is 0 Å². The molecule has 0 aromatic carbocycles. The summed E-state index contributed by atoms with van der Waals surface area (Å²) in [4.78, 5) is 27.7. The first kappa shape index (κ1) is 20.1. The van der Waals surface area contributed by atoms with Crippen molar-refractivity contribution < 1.29 is 24.2 Å². The molecule has 0 saturated carbocycles. The Hall–Kier alpha value is -1.22. The topological polar surface area (TPSA) is 91.3 Å². The molecule has 144 valence electrons. The molecule has 0 aromatic heterocycles. The third-order valence-corrected chi connectivity index (χ3v) is 4.92. The van der Waals surface area contributed by atoms with E-state index in [1.54, 1.807) is 14.0 Å². The molecule has 0 radical (unpaired) electrons. The van der Waals surface area contributed by atoms with Crippen LogP contribution in [0.25, 0.3) is 0 Å². The Labute approximate surface area is 149 Å². The average molecular weight is 357 g/mol. The molecule has 8 heteroatoms. The number of ether oxygens (including phenoxy) is 2. The highest BCUT2D eigenvalue weighted by Crippen LogP contribution is 2.22. The predicted octanol–water partition coefficient (Wildman–Crippen LogP) is -0.788. The molecule has 0 spiro atoms. The summed E-state index contributed by atoms with van der Waals surface area (Å²) in [5, 5.41) is 12.8. The van der Waals surface area contributed by atoms with Gasteiger partial charge < -0.3 is 24.8 Å². The zero-order valence-corrected chi connectivity index (χ0v) is 15.3. The Morgan fingerprint density at radius 3 is 2.60 bits per heavy atom. The van der Waals surface area contributed by atoms with E-state index in [-0.39, 0.29) is 17.9 Å². The summed E-state index contributed by atoms with van der Waals surface area (Å²) in [5.74, 6) is -0.143. The summed E-state index contributed by atoms with van der Waals surface area (Å²) in [6.07, 6.45) is 0.589. The number of carbonyl (C=O) groups excluding carboxylic acids is 2. The Morgan fingerprint density at radius 2 is 1.96 bits per heavy atom. The lowest BCUT2D eigenvalue weighted by Gasteiger charge is -2.37. The van der Waals surface area contributed by atoms with Crippen LogP contribution >= 0.6 is 0 Å². The number of hydrogen-bond donors (Lipinski definition) is 2. The van der Waals surface area contributed by atoms with E-state index in [0.29, 0.717) is 19.6 Å². The average Bonchev–Trinajstić information content (AvgIpc) is 2.61. The minimum absolute atomic E-state index is 0.0209. The summed E-state index contributed by atoms with van der Waals surface area (Å²) in [7, 11) is 1.57. The van der Waals surface area contributed by atoms with E-state index < -0.39 is 12.2 Å². The first-order chi connectivity index (χ1) is 12.0. The van der Waals surface area contributed by atoms with Crippen molar-refractivity contribution in [2.24, 2.45) is 0 Å². The van der Waals surface area contributed by atoms with Gasteiger partial charge in [0, 0.05) is 53.3 Å².